The van der Waals surface area contributed by atoms with Crippen molar-refractivity contribution in [2.75, 3.05) is 17.7 Å². The Morgan fingerprint density at radius 3 is 2.79 bits per heavy atom. The molecule has 0 fully saturated rings. The SMILES string of the molecule is CCn1c(SCC(=O)N(C)c2ccccc2C(=O)NCc2ccco2)nc2ccsc2c1=O. The lowest BCUT2D eigenvalue weighted by Gasteiger charge is -2.20. The first kappa shape index (κ1) is 22.8. The molecule has 4 rings (SSSR count). The van der Waals surface area contributed by atoms with Crippen LogP contribution >= 0.6 is 23.1 Å². The number of benzene rings is 1. The summed E-state index contributed by atoms with van der Waals surface area (Å²) < 4.78 is 7.43. The third-order valence-corrected chi connectivity index (χ3v) is 6.91. The molecule has 0 radical (unpaired) electrons. The molecule has 1 aromatic carbocycles. The zero-order valence-electron chi connectivity index (χ0n) is 18.1. The molecule has 3 aromatic heterocycles. The number of hydrogen-bond acceptors (Lipinski definition) is 7. The van der Waals surface area contributed by atoms with Crippen LogP contribution in [-0.4, -0.2) is 34.2 Å². The first-order valence-electron chi connectivity index (χ1n) is 10.3. The number of thiophene rings is 1. The number of fused-ring (bicyclic) bond motifs is 1. The van der Waals surface area contributed by atoms with Crippen LogP contribution < -0.4 is 15.8 Å². The summed E-state index contributed by atoms with van der Waals surface area (Å²) in [7, 11) is 1.63. The number of rotatable bonds is 8. The minimum atomic E-state index is -0.307. The fourth-order valence-corrected chi connectivity index (χ4v) is 5.06. The van der Waals surface area contributed by atoms with Crippen molar-refractivity contribution in [2.24, 2.45) is 0 Å². The largest absolute Gasteiger partial charge is 0.467 e. The molecule has 170 valence electrons. The molecule has 0 bridgehead atoms. The number of carbonyl (C=O) groups excluding carboxylic acids is 2. The maximum absolute atomic E-state index is 13.0. The summed E-state index contributed by atoms with van der Waals surface area (Å²) in [6, 6.07) is 12.2. The summed E-state index contributed by atoms with van der Waals surface area (Å²) in [6.07, 6.45) is 1.54. The van der Waals surface area contributed by atoms with Gasteiger partial charge >= 0.3 is 0 Å². The minimum Gasteiger partial charge on any atom is -0.467 e. The number of anilines is 1. The number of hydrogen-bond donors (Lipinski definition) is 1. The van der Waals surface area contributed by atoms with Crippen LogP contribution in [0.4, 0.5) is 5.69 Å². The van der Waals surface area contributed by atoms with E-state index < -0.39 is 0 Å². The number of para-hydroxylation sites is 1. The quantitative estimate of drug-likeness (QED) is 0.303. The lowest BCUT2D eigenvalue weighted by Crippen LogP contribution is -2.32. The molecular formula is C23H22N4O4S2. The highest BCUT2D eigenvalue weighted by molar-refractivity contribution is 7.99. The van der Waals surface area contributed by atoms with E-state index in [1.807, 2.05) is 12.3 Å². The van der Waals surface area contributed by atoms with Crippen molar-refractivity contribution in [3.8, 4) is 0 Å². The van der Waals surface area contributed by atoms with Crippen LogP contribution in [0.2, 0.25) is 0 Å². The van der Waals surface area contributed by atoms with Crippen LogP contribution in [0.25, 0.3) is 10.2 Å². The van der Waals surface area contributed by atoms with Crippen LogP contribution in [0, 0.1) is 0 Å². The molecule has 0 spiro atoms. The van der Waals surface area contributed by atoms with E-state index in [-0.39, 0.29) is 29.7 Å². The van der Waals surface area contributed by atoms with Gasteiger partial charge in [0.1, 0.15) is 10.5 Å². The van der Waals surface area contributed by atoms with Crippen LogP contribution in [0.1, 0.15) is 23.0 Å². The molecule has 0 aliphatic rings. The maximum atomic E-state index is 13.0. The maximum Gasteiger partial charge on any atom is 0.272 e. The highest BCUT2D eigenvalue weighted by Crippen LogP contribution is 2.24. The molecule has 4 aromatic rings. The Kier molecular flexibility index (Phi) is 6.95. The number of aromatic nitrogens is 2. The Hall–Kier alpha value is -3.37. The normalized spacial score (nSPS) is 11.0. The van der Waals surface area contributed by atoms with E-state index in [4.69, 9.17) is 4.42 Å². The molecule has 0 atom stereocenters. The topological polar surface area (TPSA) is 97.4 Å². The molecule has 8 nitrogen and oxygen atoms in total. The fraction of sp³-hybridized carbons (Fsp3) is 0.217. The van der Waals surface area contributed by atoms with Crippen molar-refractivity contribution >= 4 is 50.8 Å². The zero-order valence-corrected chi connectivity index (χ0v) is 19.7. The van der Waals surface area contributed by atoms with E-state index in [2.05, 4.69) is 10.3 Å². The van der Waals surface area contributed by atoms with Crippen molar-refractivity contribution < 1.29 is 14.0 Å². The van der Waals surface area contributed by atoms with E-state index in [0.717, 1.165) is 0 Å². The summed E-state index contributed by atoms with van der Waals surface area (Å²) in [4.78, 5) is 44.4. The standard InChI is InChI=1S/C23H22N4O4S2/c1-3-27-22(30)20-17(10-12-32-20)25-23(27)33-14-19(28)26(2)18-9-5-4-8-16(18)21(29)24-13-15-7-6-11-31-15/h4-12H,3,13-14H2,1-2H3,(H,24,29). The van der Waals surface area contributed by atoms with Gasteiger partial charge in [0.25, 0.3) is 11.5 Å². The Bertz CT molecular complexity index is 1340. The molecular weight excluding hydrogens is 460 g/mol. The van der Waals surface area contributed by atoms with Crippen LogP contribution in [0.15, 0.2) is 68.5 Å². The number of nitrogens with zero attached hydrogens (tertiary/aromatic N) is 3. The second-order valence-corrected chi connectivity index (χ2v) is 8.96. The van der Waals surface area contributed by atoms with Gasteiger partial charge in [-0.2, -0.15) is 0 Å². The number of nitrogens with one attached hydrogen (secondary N) is 1. The number of thioether (sulfide) groups is 1. The average Bonchev–Trinajstić information content (AvgIpc) is 3.53. The lowest BCUT2D eigenvalue weighted by atomic mass is 10.1. The summed E-state index contributed by atoms with van der Waals surface area (Å²) in [6.45, 7) is 2.59. The van der Waals surface area contributed by atoms with Crippen molar-refractivity contribution in [2.45, 2.75) is 25.2 Å². The van der Waals surface area contributed by atoms with Crippen LogP contribution in [0.5, 0.6) is 0 Å². The van der Waals surface area contributed by atoms with Gasteiger partial charge in [0.05, 0.1) is 35.3 Å². The van der Waals surface area contributed by atoms with Gasteiger partial charge < -0.3 is 14.6 Å². The van der Waals surface area contributed by atoms with E-state index in [1.165, 1.54) is 28.0 Å². The summed E-state index contributed by atoms with van der Waals surface area (Å²) in [5.74, 6) is 0.187. The summed E-state index contributed by atoms with van der Waals surface area (Å²) in [5, 5.41) is 5.14. The van der Waals surface area contributed by atoms with Crippen molar-refractivity contribution in [3.05, 3.63) is 75.8 Å². The predicted molar refractivity (Wildman–Crippen MR) is 130 cm³/mol. The number of carbonyl (C=O) groups is 2. The molecule has 10 heteroatoms. The highest BCUT2D eigenvalue weighted by atomic mass is 32.2. The Morgan fingerprint density at radius 1 is 1.21 bits per heavy atom. The molecule has 1 N–H and O–H groups in total. The fourth-order valence-electron chi connectivity index (χ4n) is 3.30. The van der Waals surface area contributed by atoms with Gasteiger partial charge in [-0.05, 0) is 42.6 Å². The van der Waals surface area contributed by atoms with E-state index in [9.17, 15) is 14.4 Å². The third kappa shape index (κ3) is 4.86. The molecule has 0 aliphatic carbocycles. The van der Waals surface area contributed by atoms with Crippen molar-refractivity contribution in [3.63, 3.8) is 0 Å². The molecule has 33 heavy (non-hydrogen) atoms. The molecule has 2 amide bonds. The lowest BCUT2D eigenvalue weighted by molar-refractivity contribution is -0.115. The second kappa shape index (κ2) is 10.1. The Labute approximate surface area is 198 Å². The van der Waals surface area contributed by atoms with Gasteiger partial charge in [-0.3, -0.25) is 19.0 Å². The second-order valence-electron chi connectivity index (χ2n) is 7.10. The Balaban J connectivity index is 1.48. The monoisotopic (exact) mass is 482 g/mol. The van der Waals surface area contributed by atoms with Gasteiger partial charge in [-0.15, -0.1) is 11.3 Å². The molecule has 0 aliphatic heterocycles. The van der Waals surface area contributed by atoms with Crippen molar-refractivity contribution in [1.82, 2.24) is 14.9 Å². The van der Waals surface area contributed by atoms with E-state index in [1.54, 1.807) is 60.3 Å². The first-order valence-corrected chi connectivity index (χ1v) is 12.1. The molecule has 0 saturated heterocycles. The summed E-state index contributed by atoms with van der Waals surface area (Å²) in [5.41, 5.74) is 1.42. The average molecular weight is 483 g/mol. The highest BCUT2D eigenvalue weighted by Gasteiger charge is 2.20. The van der Waals surface area contributed by atoms with E-state index >= 15 is 0 Å². The summed E-state index contributed by atoms with van der Waals surface area (Å²) >= 11 is 2.57. The van der Waals surface area contributed by atoms with Gasteiger partial charge in [-0.1, -0.05) is 23.9 Å². The number of amides is 2. The smallest absolute Gasteiger partial charge is 0.272 e. The zero-order chi connectivity index (χ0) is 23.4. The van der Waals surface area contributed by atoms with Crippen LogP contribution in [-0.2, 0) is 17.9 Å². The van der Waals surface area contributed by atoms with E-state index in [0.29, 0.717) is 38.9 Å². The van der Waals surface area contributed by atoms with Gasteiger partial charge in [-0.25, -0.2) is 4.98 Å². The van der Waals surface area contributed by atoms with Gasteiger partial charge in [0.2, 0.25) is 5.91 Å². The molecule has 0 saturated carbocycles. The minimum absolute atomic E-state index is 0.0704. The molecule has 0 unspecified atom stereocenters. The van der Waals surface area contributed by atoms with Crippen molar-refractivity contribution in [1.29, 1.82) is 0 Å². The predicted octanol–water partition coefficient (Wildman–Crippen LogP) is 3.76. The first-order chi connectivity index (χ1) is 16.0. The number of furan rings is 1. The molecule has 3 heterocycles. The Morgan fingerprint density at radius 2 is 2.03 bits per heavy atom. The van der Waals surface area contributed by atoms with Gasteiger partial charge in [0.15, 0.2) is 5.16 Å². The van der Waals surface area contributed by atoms with Gasteiger partial charge in [0, 0.05) is 13.6 Å². The third-order valence-electron chi connectivity index (χ3n) is 5.06. The van der Waals surface area contributed by atoms with Crippen LogP contribution in [0.3, 0.4) is 0 Å².